The van der Waals surface area contributed by atoms with Crippen molar-refractivity contribution < 1.29 is 4.42 Å². The van der Waals surface area contributed by atoms with Crippen molar-refractivity contribution >= 4 is 28.4 Å². The third-order valence-corrected chi connectivity index (χ3v) is 3.97. The Bertz CT molecular complexity index is 769. The van der Waals surface area contributed by atoms with Crippen molar-refractivity contribution in [3.63, 3.8) is 0 Å². The summed E-state index contributed by atoms with van der Waals surface area (Å²) >= 11 is 1.62. The first kappa shape index (κ1) is 10.8. The summed E-state index contributed by atoms with van der Waals surface area (Å²) in [5.74, 6) is 2.35. The normalized spacial score (nSPS) is 14.5. The SMILES string of the molecule is Cc1nnc2n1N=C(c1cc3ccccc3o1)CS2. The molecule has 2 aromatic heterocycles. The fraction of sp³-hybridized carbons (Fsp3) is 0.154. The number of thioether (sulfide) groups is 1. The van der Waals surface area contributed by atoms with E-state index in [9.17, 15) is 0 Å². The fourth-order valence-electron chi connectivity index (χ4n) is 2.07. The average Bonchev–Trinajstić information content (AvgIpc) is 3.02. The van der Waals surface area contributed by atoms with Crippen LogP contribution in [0.25, 0.3) is 11.0 Å². The number of benzene rings is 1. The Labute approximate surface area is 113 Å². The minimum absolute atomic E-state index is 0.748. The van der Waals surface area contributed by atoms with Crippen molar-refractivity contribution in [2.45, 2.75) is 12.1 Å². The van der Waals surface area contributed by atoms with Crippen LogP contribution in [0.3, 0.4) is 0 Å². The van der Waals surface area contributed by atoms with Crippen molar-refractivity contribution in [3.8, 4) is 0 Å². The van der Waals surface area contributed by atoms with Gasteiger partial charge in [0.2, 0.25) is 5.16 Å². The highest BCUT2D eigenvalue weighted by molar-refractivity contribution is 7.99. The van der Waals surface area contributed by atoms with E-state index in [1.807, 2.05) is 37.3 Å². The van der Waals surface area contributed by atoms with Crippen LogP contribution in [0.2, 0.25) is 0 Å². The zero-order valence-electron chi connectivity index (χ0n) is 10.2. The van der Waals surface area contributed by atoms with Crippen LogP contribution in [0.4, 0.5) is 0 Å². The smallest absolute Gasteiger partial charge is 0.212 e. The van der Waals surface area contributed by atoms with Gasteiger partial charge in [0.1, 0.15) is 11.3 Å². The van der Waals surface area contributed by atoms with Gasteiger partial charge >= 0.3 is 0 Å². The van der Waals surface area contributed by atoms with Crippen LogP contribution < -0.4 is 0 Å². The summed E-state index contributed by atoms with van der Waals surface area (Å²) in [6.45, 7) is 1.89. The average molecular weight is 270 g/mol. The summed E-state index contributed by atoms with van der Waals surface area (Å²) in [6, 6.07) is 9.99. The Balaban J connectivity index is 1.85. The number of hydrogen-bond acceptors (Lipinski definition) is 5. The predicted molar refractivity (Wildman–Crippen MR) is 73.6 cm³/mol. The highest BCUT2D eigenvalue weighted by atomic mass is 32.2. The molecule has 0 bridgehead atoms. The van der Waals surface area contributed by atoms with Gasteiger partial charge in [0.05, 0.1) is 0 Å². The molecule has 94 valence electrons. The lowest BCUT2D eigenvalue weighted by Crippen LogP contribution is -2.13. The van der Waals surface area contributed by atoms with Gasteiger partial charge in [0, 0.05) is 11.1 Å². The summed E-state index contributed by atoms with van der Waals surface area (Å²) in [7, 11) is 0. The third-order valence-electron chi connectivity index (χ3n) is 3.04. The lowest BCUT2D eigenvalue weighted by Gasteiger charge is -2.10. The maximum absolute atomic E-state index is 5.84. The molecule has 0 atom stereocenters. The van der Waals surface area contributed by atoms with Gasteiger partial charge in [0.15, 0.2) is 11.6 Å². The highest BCUT2D eigenvalue weighted by Crippen LogP contribution is 2.26. The second kappa shape index (κ2) is 3.96. The quantitative estimate of drug-likeness (QED) is 0.682. The molecule has 3 heterocycles. The molecule has 4 rings (SSSR count). The molecule has 1 aliphatic rings. The first-order valence-electron chi connectivity index (χ1n) is 5.93. The number of rotatable bonds is 1. The Morgan fingerprint density at radius 3 is 3.05 bits per heavy atom. The number of para-hydroxylation sites is 1. The van der Waals surface area contributed by atoms with Crippen molar-refractivity contribution in [1.82, 2.24) is 14.9 Å². The number of aryl methyl sites for hydroxylation is 1. The van der Waals surface area contributed by atoms with Gasteiger partial charge in [-0.15, -0.1) is 10.2 Å². The van der Waals surface area contributed by atoms with Gasteiger partial charge in [-0.1, -0.05) is 30.0 Å². The van der Waals surface area contributed by atoms with Crippen molar-refractivity contribution in [2.24, 2.45) is 5.10 Å². The van der Waals surface area contributed by atoms with E-state index in [-0.39, 0.29) is 0 Å². The number of nitrogens with zero attached hydrogens (tertiary/aromatic N) is 4. The van der Waals surface area contributed by atoms with E-state index in [1.165, 1.54) is 0 Å². The Kier molecular flexibility index (Phi) is 2.25. The summed E-state index contributed by atoms with van der Waals surface area (Å²) in [5.41, 5.74) is 1.80. The molecule has 0 spiro atoms. The number of aromatic nitrogens is 3. The largest absolute Gasteiger partial charge is 0.455 e. The zero-order chi connectivity index (χ0) is 12.8. The molecule has 1 aliphatic heterocycles. The van der Waals surface area contributed by atoms with E-state index in [1.54, 1.807) is 16.4 Å². The van der Waals surface area contributed by atoms with Crippen LogP contribution in [0.1, 0.15) is 11.6 Å². The molecular weight excluding hydrogens is 260 g/mol. The van der Waals surface area contributed by atoms with E-state index in [4.69, 9.17) is 4.42 Å². The minimum Gasteiger partial charge on any atom is -0.455 e. The molecule has 0 unspecified atom stereocenters. The Morgan fingerprint density at radius 2 is 2.16 bits per heavy atom. The number of hydrogen-bond donors (Lipinski definition) is 0. The maximum Gasteiger partial charge on any atom is 0.212 e. The summed E-state index contributed by atoms with van der Waals surface area (Å²) in [5, 5.41) is 14.6. The van der Waals surface area contributed by atoms with Crippen LogP contribution in [0, 0.1) is 6.92 Å². The van der Waals surface area contributed by atoms with Crippen LogP contribution in [0.5, 0.6) is 0 Å². The summed E-state index contributed by atoms with van der Waals surface area (Å²) < 4.78 is 7.60. The van der Waals surface area contributed by atoms with Crippen LogP contribution in [-0.4, -0.2) is 26.3 Å². The highest BCUT2D eigenvalue weighted by Gasteiger charge is 2.20. The molecular formula is C13H10N4OS. The van der Waals surface area contributed by atoms with Crippen molar-refractivity contribution in [2.75, 3.05) is 5.75 Å². The summed E-state index contributed by atoms with van der Waals surface area (Å²) in [4.78, 5) is 0. The maximum atomic E-state index is 5.84. The Morgan fingerprint density at radius 1 is 1.26 bits per heavy atom. The predicted octanol–water partition coefficient (Wildman–Crippen LogP) is 2.69. The van der Waals surface area contributed by atoms with E-state index >= 15 is 0 Å². The fourth-order valence-corrected chi connectivity index (χ4v) is 2.93. The molecule has 0 aliphatic carbocycles. The van der Waals surface area contributed by atoms with Crippen LogP contribution in [-0.2, 0) is 0 Å². The second-order valence-electron chi connectivity index (χ2n) is 4.33. The van der Waals surface area contributed by atoms with E-state index < -0.39 is 0 Å². The topological polar surface area (TPSA) is 56.2 Å². The lowest BCUT2D eigenvalue weighted by molar-refractivity contribution is 0.600. The molecule has 19 heavy (non-hydrogen) atoms. The van der Waals surface area contributed by atoms with Crippen LogP contribution >= 0.6 is 11.8 Å². The van der Waals surface area contributed by atoms with E-state index in [2.05, 4.69) is 15.3 Å². The molecule has 3 aromatic rings. The van der Waals surface area contributed by atoms with Gasteiger partial charge in [-0.05, 0) is 19.1 Å². The lowest BCUT2D eigenvalue weighted by atomic mass is 10.2. The molecule has 0 radical (unpaired) electrons. The molecule has 0 N–H and O–H groups in total. The van der Waals surface area contributed by atoms with Gasteiger partial charge in [-0.3, -0.25) is 0 Å². The number of furan rings is 1. The third kappa shape index (κ3) is 1.67. The summed E-state index contributed by atoms with van der Waals surface area (Å²) in [6.07, 6.45) is 0. The number of fused-ring (bicyclic) bond motifs is 2. The monoisotopic (exact) mass is 270 g/mol. The molecule has 0 saturated carbocycles. The first-order chi connectivity index (χ1) is 9.31. The molecule has 1 aromatic carbocycles. The van der Waals surface area contributed by atoms with E-state index in [0.717, 1.165) is 39.2 Å². The van der Waals surface area contributed by atoms with Gasteiger partial charge < -0.3 is 4.42 Å². The molecule has 6 heteroatoms. The molecule has 0 fully saturated rings. The van der Waals surface area contributed by atoms with Gasteiger partial charge in [-0.25, -0.2) is 0 Å². The molecule has 5 nitrogen and oxygen atoms in total. The Hall–Kier alpha value is -2.08. The standard InChI is InChI=1S/C13H10N4OS/c1-8-14-15-13-17(8)16-10(7-19-13)12-6-9-4-2-3-5-11(9)18-12/h2-6H,7H2,1H3. The first-order valence-corrected chi connectivity index (χ1v) is 6.91. The van der Waals surface area contributed by atoms with Crippen molar-refractivity contribution in [3.05, 3.63) is 41.9 Å². The zero-order valence-corrected chi connectivity index (χ0v) is 11.0. The molecule has 0 amide bonds. The van der Waals surface area contributed by atoms with Gasteiger partial charge in [-0.2, -0.15) is 9.78 Å². The van der Waals surface area contributed by atoms with Crippen LogP contribution in [0.15, 0.2) is 45.0 Å². The van der Waals surface area contributed by atoms with Crippen molar-refractivity contribution in [1.29, 1.82) is 0 Å². The molecule has 0 saturated heterocycles. The second-order valence-corrected chi connectivity index (χ2v) is 5.27. The van der Waals surface area contributed by atoms with E-state index in [0.29, 0.717) is 0 Å². The minimum atomic E-state index is 0.748. The van der Waals surface area contributed by atoms with Gasteiger partial charge in [0.25, 0.3) is 0 Å².